The van der Waals surface area contributed by atoms with E-state index in [0.29, 0.717) is 4.90 Å². The minimum Gasteiger partial charge on any atom is -0.321 e. The number of imide groups is 1. The smallest absolute Gasteiger partial charge is 0.321 e. The lowest BCUT2D eigenvalue weighted by Gasteiger charge is -2.34. The van der Waals surface area contributed by atoms with E-state index >= 15 is 0 Å². The van der Waals surface area contributed by atoms with E-state index in [-0.39, 0.29) is 21.3 Å². The van der Waals surface area contributed by atoms with E-state index in [1.54, 1.807) is 0 Å². The molecule has 0 radical (unpaired) electrons. The molecule has 2 aliphatic carbocycles. The molecular formula is C23H11Cl6F3N2O3. The van der Waals surface area contributed by atoms with Gasteiger partial charge in [0, 0.05) is 0 Å². The van der Waals surface area contributed by atoms with Crippen molar-refractivity contribution in [2.24, 2.45) is 11.8 Å². The zero-order valence-electron chi connectivity index (χ0n) is 17.8. The van der Waals surface area contributed by atoms with Gasteiger partial charge in [-0.05, 0) is 24.3 Å². The van der Waals surface area contributed by atoms with Gasteiger partial charge < -0.3 is 5.32 Å². The first kappa shape index (κ1) is 26.9. The van der Waals surface area contributed by atoms with Crippen LogP contribution in [0.1, 0.15) is 15.9 Å². The second kappa shape index (κ2) is 8.41. The largest absolute Gasteiger partial charge is 0.418 e. The van der Waals surface area contributed by atoms with Gasteiger partial charge in [-0.1, -0.05) is 70.7 Å². The topological polar surface area (TPSA) is 66.5 Å². The summed E-state index contributed by atoms with van der Waals surface area (Å²) in [6.07, 6.45) is -4.74. The van der Waals surface area contributed by atoms with E-state index < -0.39 is 61.1 Å². The van der Waals surface area contributed by atoms with Crippen LogP contribution in [0, 0.1) is 11.8 Å². The first-order valence-electron chi connectivity index (χ1n) is 10.4. The summed E-state index contributed by atoms with van der Waals surface area (Å²) in [7, 11) is 0. The number of nitrogens with one attached hydrogen (secondary N) is 1. The average molecular weight is 633 g/mol. The first-order chi connectivity index (χ1) is 17.1. The predicted molar refractivity (Wildman–Crippen MR) is 136 cm³/mol. The van der Waals surface area contributed by atoms with Crippen molar-refractivity contribution in [3.63, 3.8) is 0 Å². The lowest BCUT2D eigenvalue weighted by Crippen LogP contribution is -2.50. The SMILES string of the molecule is O=C(Nc1ccccc1C(F)(F)F)c1ccccc1N1C(=O)[C@@H]2[C@@H](C1=O)[C@@]1(Cl)C(Cl)=C(Cl)[C@@]2(Cl)C1(Cl)Cl. The van der Waals surface area contributed by atoms with Crippen molar-refractivity contribution in [2.45, 2.75) is 20.3 Å². The van der Waals surface area contributed by atoms with Crippen molar-refractivity contribution in [2.75, 3.05) is 10.2 Å². The Hall–Kier alpha value is -1.68. The molecule has 37 heavy (non-hydrogen) atoms. The number of nitrogens with zero attached hydrogens (tertiary/aromatic N) is 1. The molecule has 1 aliphatic heterocycles. The Morgan fingerprint density at radius 1 is 0.838 bits per heavy atom. The number of allylic oxidation sites excluding steroid dienone is 2. The fourth-order valence-corrected chi connectivity index (χ4v) is 8.05. The summed E-state index contributed by atoms with van der Waals surface area (Å²) in [5, 5.41) is 1.63. The molecular weight excluding hydrogens is 622 g/mol. The number of rotatable bonds is 3. The van der Waals surface area contributed by atoms with E-state index in [4.69, 9.17) is 69.6 Å². The van der Waals surface area contributed by atoms with Crippen LogP contribution in [0.5, 0.6) is 0 Å². The summed E-state index contributed by atoms with van der Waals surface area (Å²) in [6, 6.07) is 9.71. The highest BCUT2D eigenvalue weighted by atomic mass is 35.5. The van der Waals surface area contributed by atoms with Crippen LogP contribution in [0.15, 0.2) is 58.6 Å². The number of halogens is 9. The Morgan fingerprint density at radius 3 is 1.86 bits per heavy atom. The maximum Gasteiger partial charge on any atom is 0.418 e. The fourth-order valence-electron chi connectivity index (χ4n) is 5.12. The van der Waals surface area contributed by atoms with Gasteiger partial charge >= 0.3 is 6.18 Å². The molecule has 4 atom stereocenters. The number of carbonyl (C=O) groups is 3. The summed E-state index contributed by atoms with van der Waals surface area (Å²) < 4.78 is 38.1. The van der Waals surface area contributed by atoms with E-state index in [1.807, 2.05) is 0 Å². The number of carbonyl (C=O) groups excluding carboxylic acids is 3. The van der Waals surface area contributed by atoms with Gasteiger partial charge in [0.05, 0.1) is 44.4 Å². The number of amides is 3. The lowest BCUT2D eigenvalue weighted by atomic mass is 9.84. The normalized spacial score (nSPS) is 30.2. The third-order valence-corrected chi connectivity index (χ3v) is 11.0. The van der Waals surface area contributed by atoms with Crippen molar-refractivity contribution in [3.8, 4) is 0 Å². The van der Waals surface area contributed by atoms with E-state index in [1.165, 1.54) is 36.4 Å². The number of para-hydroxylation sites is 2. The molecule has 0 aromatic heterocycles. The summed E-state index contributed by atoms with van der Waals surface area (Å²) in [6.45, 7) is 0. The highest BCUT2D eigenvalue weighted by Crippen LogP contribution is 2.77. The van der Waals surface area contributed by atoms with Crippen molar-refractivity contribution in [1.29, 1.82) is 0 Å². The highest BCUT2D eigenvalue weighted by Gasteiger charge is 2.87. The Labute approximate surface area is 237 Å². The summed E-state index contributed by atoms with van der Waals surface area (Å²) in [4.78, 5) is 37.0. The maximum atomic E-state index is 13.6. The predicted octanol–water partition coefficient (Wildman–Crippen LogP) is 6.91. The zero-order valence-corrected chi connectivity index (χ0v) is 22.4. The second-order valence-corrected chi connectivity index (χ2v) is 11.9. The third kappa shape index (κ3) is 3.29. The van der Waals surface area contributed by atoms with Crippen molar-refractivity contribution >= 4 is 98.7 Å². The van der Waals surface area contributed by atoms with Crippen molar-refractivity contribution in [1.82, 2.24) is 0 Å². The third-order valence-electron chi connectivity index (χ3n) is 6.78. The van der Waals surface area contributed by atoms with Crippen LogP contribution in [0.3, 0.4) is 0 Å². The molecule has 5 rings (SSSR count). The highest BCUT2D eigenvalue weighted by molar-refractivity contribution is 6.67. The molecule has 1 saturated heterocycles. The Bertz CT molecular complexity index is 1380. The molecule has 2 fully saturated rings. The number of hydrogen-bond acceptors (Lipinski definition) is 3. The van der Waals surface area contributed by atoms with E-state index in [2.05, 4.69) is 5.32 Å². The molecule has 2 aromatic carbocycles. The molecule has 0 spiro atoms. The van der Waals surface area contributed by atoms with Crippen molar-refractivity contribution < 1.29 is 27.6 Å². The molecule has 0 unspecified atom stereocenters. The molecule has 5 nitrogen and oxygen atoms in total. The van der Waals surface area contributed by atoms with Gasteiger partial charge in [-0.25, -0.2) is 4.90 Å². The number of anilines is 2. The van der Waals surface area contributed by atoms with Crippen LogP contribution >= 0.6 is 69.6 Å². The van der Waals surface area contributed by atoms with Crippen LogP contribution in [0.25, 0.3) is 0 Å². The Kier molecular flexibility index (Phi) is 6.11. The van der Waals surface area contributed by atoms with Gasteiger partial charge in [0.2, 0.25) is 11.8 Å². The first-order valence-corrected chi connectivity index (χ1v) is 12.6. The minimum atomic E-state index is -4.74. The maximum absolute atomic E-state index is 13.6. The van der Waals surface area contributed by atoms with Crippen molar-refractivity contribution in [3.05, 3.63) is 69.7 Å². The van der Waals surface area contributed by atoms with Gasteiger partial charge in [-0.2, -0.15) is 13.2 Å². The van der Waals surface area contributed by atoms with Crippen LogP contribution in [-0.4, -0.2) is 31.8 Å². The lowest BCUT2D eigenvalue weighted by molar-refractivity contribution is -0.137. The van der Waals surface area contributed by atoms with Gasteiger partial charge in [0.15, 0.2) is 4.33 Å². The van der Waals surface area contributed by atoms with Gasteiger partial charge in [0.25, 0.3) is 5.91 Å². The van der Waals surface area contributed by atoms with Crippen LogP contribution in [0.4, 0.5) is 24.5 Å². The molecule has 2 bridgehead atoms. The molecule has 3 aliphatic rings. The molecule has 1 saturated carbocycles. The van der Waals surface area contributed by atoms with Crippen LogP contribution in [0.2, 0.25) is 0 Å². The summed E-state index contributed by atoms with van der Waals surface area (Å²) >= 11 is 38.9. The average Bonchev–Trinajstić information content (AvgIpc) is 3.22. The molecule has 1 N–H and O–H groups in total. The zero-order chi connectivity index (χ0) is 27.3. The molecule has 194 valence electrons. The quantitative estimate of drug-likeness (QED) is 0.296. The monoisotopic (exact) mass is 630 g/mol. The molecule has 14 heteroatoms. The number of benzene rings is 2. The van der Waals surface area contributed by atoms with E-state index in [0.717, 1.165) is 12.1 Å². The van der Waals surface area contributed by atoms with Gasteiger partial charge in [-0.3, -0.25) is 14.4 Å². The standard InChI is InChI=1S/C23H11Cl6F3N2O3/c24-15-16(25)21(27)14-13(20(15,26)23(21,28)29)18(36)34(19(14)37)12-8-4-1-5-9(12)17(35)33-11-7-3-2-6-10(11)22(30,31)32/h1-8,13-14H,(H,33,35)/t13-,14-,20+,21+/m0/s1. The number of hydrogen-bond donors (Lipinski definition) is 1. The molecule has 2 aromatic rings. The summed E-state index contributed by atoms with van der Waals surface area (Å²) in [5.41, 5.74) is -2.07. The Morgan fingerprint density at radius 2 is 1.32 bits per heavy atom. The van der Waals surface area contributed by atoms with Gasteiger partial charge in [-0.15, -0.1) is 23.2 Å². The van der Waals surface area contributed by atoms with Crippen LogP contribution in [-0.2, 0) is 15.8 Å². The molecule has 1 heterocycles. The summed E-state index contributed by atoms with van der Waals surface area (Å²) in [5.74, 6) is -5.70. The number of alkyl halides is 7. The second-order valence-electron chi connectivity index (χ2n) is 8.61. The number of fused-ring (bicyclic) bond motifs is 5. The van der Waals surface area contributed by atoms with E-state index in [9.17, 15) is 27.6 Å². The molecule has 3 amide bonds. The fraction of sp³-hybridized carbons (Fsp3) is 0.261. The van der Waals surface area contributed by atoms with Crippen LogP contribution < -0.4 is 10.2 Å². The Balaban J connectivity index is 1.56. The minimum absolute atomic E-state index is 0.212. The van der Waals surface area contributed by atoms with Gasteiger partial charge in [0.1, 0.15) is 9.75 Å².